The maximum Gasteiger partial charge on any atom is 0.103 e. The molecule has 2 N–H and O–H groups in total. The molecule has 1 aromatic carbocycles. The van der Waals surface area contributed by atoms with Gasteiger partial charge in [0.05, 0.1) is 0 Å². The topological polar surface area (TPSA) is 29.3 Å². The molecule has 0 unspecified atom stereocenters. The summed E-state index contributed by atoms with van der Waals surface area (Å²) in [4.78, 5) is 3.13. The van der Waals surface area contributed by atoms with Crippen molar-refractivity contribution in [1.82, 2.24) is 4.90 Å². The van der Waals surface area contributed by atoms with Crippen molar-refractivity contribution < 1.29 is 0 Å². The summed E-state index contributed by atoms with van der Waals surface area (Å²) in [5.41, 5.74) is 8.04. The van der Waals surface area contributed by atoms with E-state index in [1.54, 1.807) is 0 Å². The first-order chi connectivity index (χ1) is 9.20. The lowest BCUT2D eigenvalue weighted by Crippen LogP contribution is -2.28. The lowest BCUT2D eigenvalue weighted by Gasteiger charge is -2.22. The standard InChI is InChI=1S/C16H22N2S/c17-16(19)15-3-1-2-14(8-15)11-18(9-12-4-5-12)10-13-6-7-13/h1-3,8,12-13H,4-7,9-11H2,(H2,17,19). The summed E-state index contributed by atoms with van der Waals surface area (Å²) in [5.74, 6) is 1.91. The van der Waals surface area contributed by atoms with Gasteiger partial charge >= 0.3 is 0 Å². The molecule has 3 heteroatoms. The van der Waals surface area contributed by atoms with E-state index in [1.165, 1.54) is 44.3 Å². The summed E-state index contributed by atoms with van der Waals surface area (Å²) in [5, 5.41) is 0. The van der Waals surface area contributed by atoms with Crippen LogP contribution in [0.3, 0.4) is 0 Å². The highest BCUT2D eigenvalue weighted by molar-refractivity contribution is 7.80. The molecular formula is C16H22N2S. The number of hydrogen-bond donors (Lipinski definition) is 1. The second-order valence-corrected chi connectivity index (χ2v) is 6.59. The van der Waals surface area contributed by atoms with Gasteiger partial charge in [-0.05, 0) is 49.1 Å². The zero-order valence-corrected chi connectivity index (χ0v) is 12.2. The fourth-order valence-corrected chi connectivity index (χ4v) is 2.74. The van der Waals surface area contributed by atoms with Crippen molar-refractivity contribution in [2.75, 3.05) is 13.1 Å². The van der Waals surface area contributed by atoms with E-state index in [0.717, 1.165) is 23.9 Å². The molecule has 2 aliphatic rings. The van der Waals surface area contributed by atoms with Crippen LogP contribution in [0.5, 0.6) is 0 Å². The molecule has 3 rings (SSSR count). The third-order valence-corrected chi connectivity index (χ3v) is 4.28. The Morgan fingerprint density at radius 3 is 2.32 bits per heavy atom. The Bertz CT molecular complexity index is 450. The van der Waals surface area contributed by atoms with E-state index in [2.05, 4.69) is 23.1 Å². The van der Waals surface area contributed by atoms with Gasteiger partial charge in [-0.3, -0.25) is 4.90 Å². The summed E-state index contributed by atoms with van der Waals surface area (Å²) < 4.78 is 0. The molecule has 2 nitrogen and oxygen atoms in total. The summed E-state index contributed by atoms with van der Waals surface area (Å²) in [6, 6.07) is 8.40. The maximum absolute atomic E-state index is 5.71. The highest BCUT2D eigenvalue weighted by atomic mass is 32.1. The minimum atomic E-state index is 0.498. The zero-order valence-electron chi connectivity index (χ0n) is 11.3. The Balaban J connectivity index is 1.65. The van der Waals surface area contributed by atoms with E-state index in [0.29, 0.717) is 4.99 Å². The van der Waals surface area contributed by atoms with Crippen molar-refractivity contribution in [2.24, 2.45) is 17.6 Å². The molecule has 19 heavy (non-hydrogen) atoms. The van der Waals surface area contributed by atoms with Crippen LogP contribution < -0.4 is 5.73 Å². The highest BCUT2D eigenvalue weighted by Crippen LogP contribution is 2.34. The minimum Gasteiger partial charge on any atom is -0.389 e. The van der Waals surface area contributed by atoms with Crippen molar-refractivity contribution in [2.45, 2.75) is 32.2 Å². The van der Waals surface area contributed by atoms with E-state index in [1.807, 2.05) is 6.07 Å². The van der Waals surface area contributed by atoms with Gasteiger partial charge in [0, 0.05) is 25.2 Å². The predicted molar refractivity (Wildman–Crippen MR) is 83.1 cm³/mol. The van der Waals surface area contributed by atoms with E-state index in [4.69, 9.17) is 18.0 Å². The maximum atomic E-state index is 5.71. The molecule has 2 aliphatic carbocycles. The SMILES string of the molecule is NC(=S)c1cccc(CN(CC2CC2)CC2CC2)c1. The number of nitrogens with zero attached hydrogens (tertiary/aromatic N) is 1. The van der Waals surface area contributed by atoms with Crippen molar-refractivity contribution >= 4 is 17.2 Å². The monoisotopic (exact) mass is 274 g/mol. The van der Waals surface area contributed by atoms with E-state index < -0.39 is 0 Å². The largest absolute Gasteiger partial charge is 0.389 e. The van der Waals surface area contributed by atoms with E-state index >= 15 is 0 Å². The van der Waals surface area contributed by atoms with Crippen molar-refractivity contribution in [3.05, 3.63) is 35.4 Å². The van der Waals surface area contributed by atoms with Crippen molar-refractivity contribution in [3.63, 3.8) is 0 Å². The van der Waals surface area contributed by atoms with Gasteiger partial charge in [0.2, 0.25) is 0 Å². The second kappa shape index (κ2) is 5.59. The van der Waals surface area contributed by atoms with Gasteiger partial charge < -0.3 is 5.73 Å². The lowest BCUT2D eigenvalue weighted by atomic mass is 10.1. The Kier molecular flexibility index (Phi) is 3.85. The molecule has 0 heterocycles. The zero-order chi connectivity index (χ0) is 13.2. The summed E-state index contributed by atoms with van der Waals surface area (Å²) in [6.07, 6.45) is 5.70. The Labute approximate surface area is 121 Å². The molecular weight excluding hydrogens is 252 g/mol. The van der Waals surface area contributed by atoms with Crippen LogP contribution in [0.4, 0.5) is 0 Å². The van der Waals surface area contributed by atoms with Crippen LogP contribution in [-0.2, 0) is 6.54 Å². The van der Waals surface area contributed by atoms with Gasteiger partial charge in [-0.2, -0.15) is 0 Å². The molecule has 0 amide bonds. The number of thiocarbonyl (C=S) groups is 1. The highest BCUT2D eigenvalue weighted by Gasteiger charge is 2.29. The molecule has 0 aromatic heterocycles. The van der Waals surface area contributed by atoms with Crippen LogP contribution in [0.2, 0.25) is 0 Å². The first kappa shape index (κ1) is 13.1. The number of hydrogen-bond acceptors (Lipinski definition) is 2. The minimum absolute atomic E-state index is 0.498. The molecule has 2 saturated carbocycles. The van der Waals surface area contributed by atoms with Gasteiger partial charge in [-0.25, -0.2) is 0 Å². The summed E-state index contributed by atoms with van der Waals surface area (Å²) in [7, 11) is 0. The van der Waals surface area contributed by atoms with Gasteiger partial charge in [0.15, 0.2) is 0 Å². The quantitative estimate of drug-likeness (QED) is 0.775. The van der Waals surface area contributed by atoms with Gasteiger partial charge in [0.1, 0.15) is 4.99 Å². The fraction of sp³-hybridized carbons (Fsp3) is 0.562. The van der Waals surface area contributed by atoms with Crippen LogP contribution in [0.25, 0.3) is 0 Å². The molecule has 2 fully saturated rings. The van der Waals surface area contributed by atoms with Gasteiger partial charge in [-0.1, -0.05) is 30.4 Å². The first-order valence-corrected chi connectivity index (χ1v) is 7.72. The third-order valence-electron chi connectivity index (χ3n) is 4.04. The van der Waals surface area contributed by atoms with Crippen LogP contribution >= 0.6 is 12.2 Å². The number of nitrogens with two attached hydrogens (primary N) is 1. The Hall–Kier alpha value is -0.930. The Morgan fingerprint density at radius 2 is 1.79 bits per heavy atom. The lowest BCUT2D eigenvalue weighted by molar-refractivity contribution is 0.244. The molecule has 0 radical (unpaired) electrons. The number of benzene rings is 1. The van der Waals surface area contributed by atoms with Gasteiger partial charge in [0.25, 0.3) is 0 Å². The van der Waals surface area contributed by atoms with Crippen LogP contribution in [0, 0.1) is 11.8 Å². The molecule has 0 atom stereocenters. The smallest absolute Gasteiger partial charge is 0.103 e. The average molecular weight is 274 g/mol. The van der Waals surface area contributed by atoms with Gasteiger partial charge in [-0.15, -0.1) is 0 Å². The Morgan fingerprint density at radius 1 is 1.16 bits per heavy atom. The van der Waals surface area contributed by atoms with Crippen molar-refractivity contribution in [3.8, 4) is 0 Å². The van der Waals surface area contributed by atoms with E-state index in [-0.39, 0.29) is 0 Å². The average Bonchev–Trinajstić information content (AvgIpc) is 3.25. The van der Waals surface area contributed by atoms with Crippen LogP contribution in [-0.4, -0.2) is 23.0 Å². The molecule has 0 bridgehead atoms. The molecule has 102 valence electrons. The summed E-state index contributed by atoms with van der Waals surface area (Å²) >= 11 is 5.06. The van der Waals surface area contributed by atoms with E-state index in [9.17, 15) is 0 Å². The first-order valence-electron chi connectivity index (χ1n) is 7.32. The van der Waals surface area contributed by atoms with Crippen molar-refractivity contribution in [1.29, 1.82) is 0 Å². The second-order valence-electron chi connectivity index (χ2n) is 6.15. The van der Waals surface area contributed by atoms with Crippen LogP contribution in [0.1, 0.15) is 36.8 Å². The molecule has 0 aliphatic heterocycles. The van der Waals surface area contributed by atoms with Crippen LogP contribution in [0.15, 0.2) is 24.3 Å². The molecule has 0 spiro atoms. The third kappa shape index (κ3) is 4.02. The molecule has 0 saturated heterocycles. The normalized spacial score (nSPS) is 18.8. The predicted octanol–water partition coefficient (Wildman–Crippen LogP) is 2.94. The fourth-order valence-electron chi connectivity index (χ4n) is 2.62. The number of rotatable bonds is 7. The molecule has 1 aromatic rings. The summed E-state index contributed by atoms with van der Waals surface area (Å²) in [6.45, 7) is 3.59.